The third kappa shape index (κ3) is 3.67. The summed E-state index contributed by atoms with van der Waals surface area (Å²) in [6, 6.07) is 6.83. The molecule has 0 aliphatic heterocycles. The average molecular weight is 374 g/mol. The summed E-state index contributed by atoms with van der Waals surface area (Å²) in [5, 5.41) is 14.3. The molecular formula is C17H12ClN3O3S. The molecule has 0 saturated heterocycles. The predicted octanol–water partition coefficient (Wildman–Crippen LogP) is 4.12. The smallest absolute Gasteiger partial charge is 0.339 e. The molecular weight excluding hydrogens is 362 g/mol. The van der Waals surface area contributed by atoms with E-state index in [1.807, 2.05) is 0 Å². The van der Waals surface area contributed by atoms with Gasteiger partial charge in [0.05, 0.1) is 22.5 Å². The number of hydrogen-bond acceptors (Lipinski definition) is 5. The number of rotatable bonds is 4. The van der Waals surface area contributed by atoms with Crippen molar-refractivity contribution >= 4 is 40.5 Å². The Morgan fingerprint density at radius 1 is 1.16 bits per heavy atom. The summed E-state index contributed by atoms with van der Waals surface area (Å²) < 4.78 is 0. The van der Waals surface area contributed by atoms with E-state index in [1.54, 1.807) is 36.6 Å². The summed E-state index contributed by atoms with van der Waals surface area (Å²) in [5.74, 6) is -1.65. The number of carbonyl (C=O) groups is 2. The van der Waals surface area contributed by atoms with E-state index in [9.17, 15) is 14.7 Å². The van der Waals surface area contributed by atoms with Gasteiger partial charge in [-0.3, -0.25) is 9.78 Å². The number of aromatic nitrogens is 2. The molecule has 0 bridgehead atoms. The number of nitrogens with zero attached hydrogens (tertiary/aromatic N) is 2. The van der Waals surface area contributed by atoms with E-state index >= 15 is 0 Å². The summed E-state index contributed by atoms with van der Waals surface area (Å²) in [6.45, 7) is 1.76. The van der Waals surface area contributed by atoms with Gasteiger partial charge in [0.1, 0.15) is 11.3 Å². The first-order valence-electron chi connectivity index (χ1n) is 7.16. The van der Waals surface area contributed by atoms with Crippen molar-refractivity contribution in [3.05, 3.63) is 64.0 Å². The van der Waals surface area contributed by atoms with Crippen molar-refractivity contribution in [1.29, 1.82) is 0 Å². The molecule has 8 heteroatoms. The van der Waals surface area contributed by atoms with Crippen LogP contribution in [-0.2, 0) is 0 Å². The van der Waals surface area contributed by atoms with Gasteiger partial charge in [-0.25, -0.2) is 9.78 Å². The SMILES string of the molecule is Cc1cnc(C(=O)Nc2csc(-c3ccc(Cl)cc3)c2C(=O)O)cn1. The molecule has 126 valence electrons. The van der Waals surface area contributed by atoms with Crippen molar-refractivity contribution in [2.24, 2.45) is 0 Å². The standard InChI is InChI=1S/C17H12ClN3O3S/c1-9-6-20-12(7-19-9)16(22)21-13-8-25-15(14(13)17(23)24)10-2-4-11(18)5-3-10/h2-8H,1H3,(H,21,22)(H,23,24). The number of carboxylic acid groups (broad SMARTS) is 1. The van der Waals surface area contributed by atoms with Crippen molar-refractivity contribution in [3.63, 3.8) is 0 Å². The molecule has 0 aliphatic rings. The largest absolute Gasteiger partial charge is 0.478 e. The zero-order valence-corrected chi connectivity index (χ0v) is 14.6. The number of carboxylic acids is 1. The Labute approximate surface area is 152 Å². The van der Waals surface area contributed by atoms with Gasteiger partial charge in [0.2, 0.25) is 0 Å². The van der Waals surface area contributed by atoms with Crippen molar-refractivity contribution in [3.8, 4) is 10.4 Å². The first-order valence-corrected chi connectivity index (χ1v) is 8.42. The molecule has 2 aromatic heterocycles. The molecule has 0 spiro atoms. The number of amides is 1. The molecule has 0 fully saturated rings. The molecule has 1 aromatic carbocycles. The van der Waals surface area contributed by atoms with Crippen LogP contribution in [0, 0.1) is 6.92 Å². The number of thiophene rings is 1. The minimum Gasteiger partial charge on any atom is -0.478 e. The van der Waals surface area contributed by atoms with Crippen LogP contribution in [0.15, 0.2) is 42.0 Å². The zero-order valence-electron chi connectivity index (χ0n) is 13.0. The Balaban J connectivity index is 1.94. The molecule has 2 heterocycles. The van der Waals surface area contributed by atoms with Crippen molar-refractivity contribution < 1.29 is 14.7 Å². The molecule has 0 atom stereocenters. The van der Waals surface area contributed by atoms with Crippen molar-refractivity contribution in [2.75, 3.05) is 5.32 Å². The lowest BCUT2D eigenvalue weighted by Gasteiger charge is -2.06. The Bertz CT molecular complexity index is 937. The topological polar surface area (TPSA) is 92.2 Å². The van der Waals surface area contributed by atoms with Gasteiger partial charge in [-0.15, -0.1) is 11.3 Å². The molecule has 3 aromatic rings. The second-order valence-electron chi connectivity index (χ2n) is 5.16. The third-order valence-corrected chi connectivity index (χ3v) is 4.65. The van der Waals surface area contributed by atoms with Gasteiger partial charge < -0.3 is 10.4 Å². The van der Waals surface area contributed by atoms with Crippen molar-refractivity contribution in [2.45, 2.75) is 6.92 Å². The number of aromatic carboxylic acids is 1. The summed E-state index contributed by atoms with van der Waals surface area (Å²) >= 11 is 7.10. The number of benzene rings is 1. The van der Waals surface area contributed by atoms with Crippen LogP contribution < -0.4 is 5.32 Å². The molecule has 6 nitrogen and oxygen atoms in total. The van der Waals surface area contributed by atoms with Crippen LogP contribution in [-0.4, -0.2) is 27.0 Å². The molecule has 0 aliphatic carbocycles. The van der Waals surface area contributed by atoms with E-state index in [2.05, 4.69) is 15.3 Å². The highest BCUT2D eigenvalue weighted by Crippen LogP contribution is 2.36. The summed E-state index contributed by atoms with van der Waals surface area (Å²) in [6.07, 6.45) is 2.82. The molecule has 2 N–H and O–H groups in total. The molecule has 0 saturated carbocycles. The van der Waals surface area contributed by atoms with E-state index in [0.29, 0.717) is 21.2 Å². The summed E-state index contributed by atoms with van der Waals surface area (Å²) in [5.41, 5.74) is 1.75. The second kappa shape index (κ2) is 7.00. The number of carbonyl (C=O) groups excluding carboxylic acids is 1. The van der Waals surface area contributed by atoms with Crippen LogP contribution in [0.2, 0.25) is 5.02 Å². The fraction of sp³-hybridized carbons (Fsp3) is 0.0588. The van der Waals surface area contributed by atoms with Crippen LogP contribution in [0.1, 0.15) is 26.5 Å². The monoisotopic (exact) mass is 373 g/mol. The van der Waals surface area contributed by atoms with Gasteiger partial charge in [-0.2, -0.15) is 0 Å². The van der Waals surface area contributed by atoms with Crippen LogP contribution in [0.4, 0.5) is 5.69 Å². The Kier molecular flexibility index (Phi) is 4.78. The second-order valence-corrected chi connectivity index (χ2v) is 6.48. The Hall–Kier alpha value is -2.77. The molecule has 0 unspecified atom stereocenters. The Morgan fingerprint density at radius 3 is 2.48 bits per heavy atom. The van der Waals surface area contributed by atoms with E-state index in [0.717, 1.165) is 0 Å². The first-order chi connectivity index (χ1) is 12.0. The minimum absolute atomic E-state index is 0.0285. The molecule has 0 radical (unpaired) electrons. The fourth-order valence-electron chi connectivity index (χ4n) is 2.17. The van der Waals surface area contributed by atoms with Crippen LogP contribution in [0.25, 0.3) is 10.4 Å². The fourth-order valence-corrected chi connectivity index (χ4v) is 3.30. The number of hydrogen-bond donors (Lipinski definition) is 2. The van der Waals surface area contributed by atoms with Crippen LogP contribution in [0.3, 0.4) is 0 Å². The molecule has 3 rings (SSSR count). The number of aryl methyl sites for hydroxylation is 1. The number of halogens is 1. The van der Waals surface area contributed by atoms with Crippen LogP contribution >= 0.6 is 22.9 Å². The maximum atomic E-state index is 12.3. The van der Waals surface area contributed by atoms with Crippen LogP contribution in [0.5, 0.6) is 0 Å². The van der Waals surface area contributed by atoms with Crippen molar-refractivity contribution in [1.82, 2.24) is 9.97 Å². The lowest BCUT2D eigenvalue weighted by molar-refractivity contribution is 0.0699. The van der Waals surface area contributed by atoms with Gasteiger partial charge in [-0.05, 0) is 24.6 Å². The molecule has 25 heavy (non-hydrogen) atoms. The van der Waals surface area contributed by atoms with Gasteiger partial charge in [0.15, 0.2) is 0 Å². The highest BCUT2D eigenvalue weighted by Gasteiger charge is 2.21. The van der Waals surface area contributed by atoms with Gasteiger partial charge >= 0.3 is 5.97 Å². The predicted molar refractivity (Wildman–Crippen MR) is 96.4 cm³/mol. The van der Waals surface area contributed by atoms with E-state index in [4.69, 9.17) is 11.6 Å². The average Bonchev–Trinajstić information content (AvgIpc) is 3.00. The third-order valence-electron chi connectivity index (χ3n) is 3.37. The first kappa shape index (κ1) is 17.1. The maximum absolute atomic E-state index is 12.3. The quantitative estimate of drug-likeness (QED) is 0.717. The zero-order chi connectivity index (χ0) is 18.0. The summed E-state index contributed by atoms with van der Waals surface area (Å²) in [4.78, 5) is 32.5. The lowest BCUT2D eigenvalue weighted by atomic mass is 10.1. The van der Waals surface area contributed by atoms with E-state index < -0.39 is 11.9 Å². The van der Waals surface area contributed by atoms with E-state index in [1.165, 1.54) is 23.7 Å². The minimum atomic E-state index is -1.13. The van der Waals surface area contributed by atoms with Gasteiger partial charge in [0.25, 0.3) is 5.91 Å². The van der Waals surface area contributed by atoms with E-state index in [-0.39, 0.29) is 16.9 Å². The molecule has 1 amide bonds. The number of nitrogens with one attached hydrogen (secondary N) is 1. The number of anilines is 1. The van der Waals surface area contributed by atoms with Gasteiger partial charge in [0, 0.05) is 16.6 Å². The van der Waals surface area contributed by atoms with Gasteiger partial charge in [-0.1, -0.05) is 23.7 Å². The Morgan fingerprint density at radius 2 is 1.88 bits per heavy atom. The highest BCUT2D eigenvalue weighted by atomic mass is 35.5. The normalized spacial score (nSPS) is 10.5. The lowest BCUT2D eigenvalue weighted by Crippen LogP contribution is -2.15. The maximum Gasteiger partial charge on any atom is 0.339 e. The highest BCUT2D eigenvalue weighted by molar-refractivity contribution is 7.14. The summed E-state index contributed by atoms with van der Waals surface area (Å²) in [7, 11) is 0.